The maximum absolute atomic E-state index is 6.17. The van der Waals surface area contributed by atoms with Crippen molar-refractivity contribution in [2.45, 2.75) is 27.0 Å². The van der Waals surface area contributed by atoms with Crippen LogP contribution in [0.5, 0.6) is 11.5 Å². The minimum absolute atomic E-state index is 0. The molecular weight excluding hydrogens is 381 g/mol. The monoisotopic (exact) mass is 403 g/mol. The van der Waals surface area contributed by atoms with E-state index < -0.39 is 0 Å². The summed E-state index contributed by atoms with van der Waals surface area (Å²) in [5.74, 6) is 2.03. The number of ether oxygens (including phenoxy) is 2. The Kier molecular flexibility index (Phi) is 9.44. The molecule has 0 atom stereocenters. The largest absolute Gasteiger partial charge is 0.493 e. The lowest BCUT2D eigenvalue weighted by atomic mass is 10.1. The van der Waals surface area contributed by atoms with E-state index in [0.717, 1.165) is 24.2 Å². The molecule has 0 fully saturated rings. The van der Waals surface area contributed by atoms with Gasteiger partial charge in [-0.05, 0) is 42.3 Å². The number of rotatable bonds is 8. The molecule has 1 N–H and O–H groups in total. The molecule has 2 aromatic carbocycles. The molecule has 0 aliphatic rings. The van der Waals surface area contributed by atoms with Gasteiger partial charge in [0.05, 0.1) is 7.11 Å². The summed E-state index contributed by atoms with van der Waals surface area (Å²) in [6.45, 7) is 6.52. The van der Waals surface area contributed by atoms with Crippen LogP contribution in [0.15, 0.2) is 36.4 Å². The Morgan fingerprint density at radius 1 is 1.04 bits per heavy atom. The molecule has 2 rings (SSSR count). The van der Waals surface area contributed by atoms with Crippen LogP contribution in [0.25, 0.3) is 0 Å². The minimum atomic E-state index is 0. The Morgan fingerprint density at radius 3 is 2.44 bits per heavy atom. The number of halogens is 3. The smallest absolute Gasteiger partial charge is 0.161 e. The third kappa shape index (κ3) is 6.95. The van der Waals surface area contributed by atoms with Crippen LogP contribution in [0.4, 0.5) is 0 Å². The molecule has 3 nitrogen and oxygen atoms in total. The highest BCUT2D eigenvalue weighted by Crippen LogP contribution is 2.30. The molecule has 0 aromatic heterocycles. The number of nitrogens with one attached hydrogen (secondary N) is 1. The van der Waals surface area contributed by atoms with Gasteiger partial charge < -0.3 is 14.8 Å². The zero-order valence-electron chi connectivity index (χ0n) is 14.6. The third-order valence-electron chi connectivity index (χ3n) is 3.51. The highest BCUT2D eigenvalue weighted by Gasteiger charge is 2.08. The highest BCUT2D eigenvalue weighted by atomic mass is 35.5. The summed E-state index contributed by atoms with van der Waals surface area (Å²) < 4.78 is 11.3. The van der Waals surface area contributed by atoms with E-state index >= 15 is 0 Å². The minimum Gasteiger partial charge on any atom is -0.493 e. The van der Waals surface area contributed by atoms with Crippen molar-refractivity contribution >= 4 is 35.6 Å². The van der Waals surface area contributed by atoms with Crippen LogP contribution < -0.4 is 14.8 Å². The first-order valence-electron chi connectivity index (χ1n) is 7.94. The number of methoxy groups -OCH3 is 1. The van der Waals surface area contributed by atoms with Crippen LogP contribution in [0.3, 0.4) is 0 Å². The Balaban J connectivity index is 0.00000312. The summed E-state index contributed by atoms with van der Waals surface area (Å²) in [5, 5.41) is 4.62. The first kappa shape index (κ1) is 21.9. The lowest BCUT2D eigenvalue weighted by Gasteiger charge is -2.14. The standard InChI is InChI=1S/C19H23Cl2NO2.ClH/c1-13(2)10-22-11-14-4-7-18(19(8-14)23-3)24-12-15-5-6-16(20)9-17(15)21;/h4-9,13,22H,10-12H2,1-3H3;1H. The van der Waals surface area contributed by atoms with Crippen LogP contribution in [0.1, 0.15) is 25.0 Å². The number of hydrogen-bond acceptors (Lipinski definition) is 3. The van der Waals surface area contributed by atoms with Crippen LogP contribution in [0, 0.1) is 5.92 Å². The zero-order valence-corrected chi connectivity index (χ0v) is 17.0. The summed E-state index contributed by atoms with van der Waals surface area (Å²) in [7, 11) is 1.64. The van der Waals surface area contributed by atoms with Gasteiger partial charge >= 0.3 is 0 Å². The molecule has 0 unspecified atom stereocenters. The van der Waals surface area contributed by atoms with E-state index in [1.54, 1.807) is 19.2 Å². The van der Waals surface area contributed by atoms with Crippen molar-refractivity contribution in [3.05, 3.63) is 57.6 Å². The normalized spacial score (nSPS) is 10.5. The fourth-order valence-electron chi connectivity index (χ4n) is 2.24. The molecule has 0 heterocycles. The highest BCUT2D eigenvalue weighted by molar-refractivity contribution is 6.35. The van der Waals surface area contributed by atoms with Gasteiger partial charge in [-0.25, -0.2) is 0 Å². The van der Waals surface area contributed by atoms with Crippen molar-refractivity contribution in [2.24, 2.45) is 5.92 Å². The summed E-state index contributed by atoms with van der Waals surface area (Å²) in [6.07, 6.45) is 0. The van der Waals surface area contributed by atoms with Gasteiger partial charge in [0.1, 0.15) is 6.61 Å². The van der Waals surface area contributed by atoms with Crippen molar-refractivity contribution in [3.8, 4) is 11.5 Å². The molecule has 0 saturated carbocycles. The molecule has 0 aliphatic heterocycles. The molecule has 0 aliphatic carbocycles. The predicted octanol–water partition coefficient (Wildman–Crippen LogP) is 5.75. The van der Waals surface area contributed by atoms with Crippen molar-refractivity contribution in [2.75, 3.05) is 13.7 Å². The maximum Gasteiger partial charge on any atom is 0.161 e. The average Bonchev–Trinajstić information content (AvgIpc) is 2.54. The number of benzene rings is 2. The van der Waals surface area contributed by atoms with Gasteiger partial charge in [0.15, 0.2) is 11.5 Å². The van der Waals surface area contributed by atoms with Crippen molar-refractivity contribution in [3.63, 3.8) is 0 Å². The second-order valence-electron chi connectivity index (χ2n) is 6.03. The molecule has 0 bridgehead atoms. The summed E-state index contributed by atoms with van der Waals surface area (Å²) in [6, 6.07) is 11.3. The average molecular weight is 405 g/mol. The van der Waals surface area contributed by atoms with Gasteiger partial charge in [0.25, 0.3) is 0 Å². The SMILES string of the molecule is COc1cc(CNCC(C)C)ccc1OCc1ccc(Cl)cc1Cl.Cl. The maximum atomic E-state index is 6.17. The van der Waals surface area contributed by atoms with Gasteiger partial charge in [-0.1, -0.05) is 49.2 Å². The van der Waals surface area contributed by atoms with Crippen LogP contribution in [-0.2, 0) is 13.2 Å². The Bertz CT molecular complexity index is 678. The predicted molar refractivity (Wildman–Crippen MR) is 108 cm³/mol. The van der Waals surface area contributed by atoms with Crippen molar-refractivity contribution in [1.82, 2.24) is 5.32 Å². The van der Waals surface area contributed by atoms with Gasteiger partial charge in [-0.3, -0.25) is 0 Å². The van der Waals surface area contributed by atoms with Crippen LogP contribution >= 0.6 is 35.6 Å². The van der Waals surface area contributed by atoms with Crippen LogP contribution in [-0.4, -0.2) is 13.7 Å². The van der Waals surface area contributed by atoms with Gasteiger partial charge in [-0.15, -0.1) is 12.4 Å². The molecule has 0 radical (unpaired) electrons. The Labute approximate surface area is 166 Å². The molecule has 0 amide bonds. The van der Waals surface area contributed by atoms with Crippen molar-refractivity contribution in [1.29, 1.82) is 0 Å². The molecule has 6 heteroatoms. The van der Waals surface area contributed by atoms with Gasteiger partial charge in [0.2, 0.25) is 0 Å². The van der Waals surface area contributed by atoms with E-state index in [4.69, 9.17) is 32.7 Å². The van der Waals surface area contributed by atoms with E-state index in [9.17, 15) is 0 Å². The van der Waals surface area contributed by atoms with Crippen LogP contribution in [0.2, 0.25) is 10.0 Å². The molecule has 2 aromatic rings. The Morgan fingerprint density at radius 2 is 1.80 bits per heavy atom. The van der Waals surface area contributed by atoms with E-state index in [1.807, 2.05) is 24.3 Å². The quantitative estimate of drug-likeness (QED) is 0.608. The van der Waals surface area contributed by atoms with E-state index in [0.29, 0.717) is 34.1 Å². The molecular formula is C19H24Cl3NO2. The summed E-state index contributed by atoms with van der Waals surface area (Å²) in [5.41, 5.74) is 2.04. The second kappa shape index (κ2) is 10.8. The van der Waals surface area contributed by atoms with Gasteiger partial charge in [-0.2, -0.15) is 0 Å². The topological polar surface area (TPSA) is 30.5 Å². The first-order valence-corrected chi connectivity index (χ1v) is 8.69. The fourth-order valence-corrected chi connectivity index (χ4v) is 2.70. The fraction of sp³-hybridized carbons (Fsp3) is 0.368. The Hall–Kier alpha value is -1.13. The second-order valence-corrected chi connectivity index (χ2v) is 6.88. The number of hydrogen-bond donors (Lipinski definition) is 1. The van der Waals surface area contributed by atoms with E-state index in [-0.39, 0.29) is 12.4 Å². The van der Waals surface area contributed by atoms with E-state index in [1.165, 1.54) is 0 Å². The molecule has 138 valence electrons. The zero-order chi connectivity index (χ0) is 17.5. The molecule has 25 heavy (non-hydrogen) atoms. The molecule has 0 saturated heterocycles. The first-order chi connectivity index (χ1) is 11.5. The van der Waals surface area contributed by atoms with Crippen molar-refractivity contribution < 1.29 is 9.47 Å². The lowest BCUT2D eigenvalue weighted by Crippen LogP contribution is -2.18. The summed E-state index contributed by atoms with van der Waals surface area (Å²) >= 11 is 12.1. The third-order valence-corrected chi connectivity index (χ3v) is 4.09. The molecule has 0 spiro atoms. The van der Waals surface area contributed by atoms with Gasteiger partial charge in [0, 0.05) is 22.2 Å². The van der Waals surface area contributed by atoms with E-state index in [2.05, 4.69) is 19.2 Å². The lowest BCUT2D eigenvalue weighted by molar-refractivity contribution is 0.284. The summed E-state index contributed by atoms with van der Waals surface area (Å²) in [4.78, 5) is 0.